The van der Waals surface area contributed by atoms with E-state index in [-0.39, 0.29) is 23.3 Å². The largest absolute Gasteiger partial charge is 0.481 e. The van der Waals surface area contributed by atoms with E-state index in [4.69, 9.17) is 5.11 Å². The van der Waals surface area contributed by atoms with Crippen LogP contribution in [0.3, 0.4) is 0 Å². The number of hydrogen-bond donors (Lipinski definition) is 2. The van der Waals surface area contributed by atoms with Crippen molar-refractivity contribution in [2.45, 2.75) is 33.1 Å². The summed E-state index contributed by atoms with van der Waals surface area (Å²) in [4.78, 5) is 33.0. The summed E-state index contributed by atoms with van der Waals surface area (Å²) in [7, 11) is 0. The Morgan fingerprint density at radius 3 is 2.55 bits per heavy atom. The number of amides is 1. The van der Waals surface area contributed by atoms with Gasteiger partial charge in [0.25, 0.3) is 5.91 Å². The van der Waals surface area contributed by atoms with Gasteiger partial charge in [0.2, 0.25) is 0 Å². The van der Waals surface area contributed by atoms with Crippen LogP contribution < -0.4 is 10.9 Å². The number of carbonyl (C=O) groups is 2. The lowest BCUT2D eigenvalue weighted by Crippen LogP contribution is -2.28. The fourth-order valence-electron chi connectivity index (χ4n) is 1.67. The number of nitrogens with one attached hydrogen (secondary N) is 1. The molecule has 110 valence electrons. The van der Waals surface area contributed by atoms with Gasteiger partial charge in [-0.1, -0.05) is 13.8 Å². The van der Waals surface area contributed by atoms with Crippen molar-refractivity contribution in [1.82, 2.24) is 5.32 Å². The quantitative estimate of drug-likeness (QED) is 0.792. The van der Waals surface area contributed by atoms with Gasteiger partial charge in [0.05, 0.1) is 5.56 Å². The van der Waals surface area contributed by atoms with Crippen LogP contribution in [-0.4, -0.2) is 23.5 Å². The Labute approximate surface area is 116 Å². The van der Waals surface area contributed by atoms with E-state index in [0.717, 1.165) is 6.26 Å². The lowest BCUT2D eigenvalue weighted by molar-refractivity contribution is -0.137. The first-order chi connectivity index (χ1) is 9.30. The monoisotopic (exact) mass is 281 g/mol. The highest BCUT2D eigenvalue weighted by molar-refractivity contribution is 5.93. The second kappa shape index (κ2) is 6.88. The first-order valence-electron chi connectivity index (χ1n) is 6.39. The average Bonchev–Trinajstić information content (AvgIpc) is 2.37. The first kappa shape index (κ1) is 15.9. The van der Waals surface area contributed by atoms with Gasteiger partial charge in [-0.15, -0.1) is 0 Å². The number of carboxylic acid groups (broad SMARTS) is 1. The van der Waals surface area contributed by atoms with E-state index < -0.39 is 11.6 Å². The lowest BCUT2D eigenvalue weighted by atomic mass is 9.84. The molecule has 0 unspecified atom stereocenters. The molecule has 0 radical (unpaired) electrons. The van der Waals surface area contributed by atoms with Crippen molar-refractivity contribution in [1.29, 1.82) is 0 Å². The van der Waals surface area contributed by atoms with Crippen LogP contribution in [0.5, 0.6) is 0 Å². The van der Waals surface area contributed by atoms with E-state index in [0.29, 0.717) is 19.4 Å². The minimum absolute atomic E-state index is 0.116. The maximum absolute atomic E-state index is 11.7. The van der Waals surface area contributed by atoms with E-state index in [2.05, 4.69) is 9.73 Å². The van der Waals surface area contributed by atoms with Crippen LogP contribution in [-0.2, 0) is 4.79 Å². The van der Waals surface area contributed by atoms with E-state index in [1.807, 2.05) is 13.8 Å². The normalized spacial score (nSPS) is 11.1. The fourth-order valence-corrected chi connectivity index (χ4v) is 1.67. The van der Waals surface area contributed by atoms with E-state index in [1.165, 1.54) is 12.1 Å². The van der Waals surface area contributed by atoms with Gasteiger partial charge >= 0.3 is 11.6 Å². The Bertz CT molecular complexity index is 512. The van der Waals surface area contributed by atoms with Gasteiger partial charge in [0.1, 0.15) is 6.26 Å². The molecule has 1 aromatic heterocycles. The van der Waals surface area contributed by atoms with Crippen molar-refractivity contribution in [2.75, 3.05) is 6.54 Å². The lowest BCUT2D eigenvalue weighted by Gasteiger charge is -2.23. The van der Waals surface area contributed by atoms with Crippen molar-refractivity contribution >= 4 is 11.9 Å². The SMILES string of the molecule is CC(C)(CCNC(=O)c1ccc(=O)oc1)CCC(=O)O. The Balaban J connectivity index is 2.39. The molecule has 0 aliphatic heterocycles. The third kappa shape index (κ3) is 5.69. The summed E-state index contributed by atoms with van der Waals surface area (Å²) >= 11 is 0. The molecule has 1 heterocycles. The van der Waals surface area contributed by atoms with Crippen LogP contribution in [0.4, 0.5) is 0 Å². The maximum atomic E-state index is 11.7. The van der Waals surface area contributed by atoms with E-state index >= 15 is 0 Å². The predicted octanol–water partition coefficient (Wildman–Crippen LogP) is 1.65. The van der Waals surface area contributed by atoms with E-state index in [1.54, 1.807) is 0 Å². The molecular formula is C14H19NO5. The third-order valence-corrected chi connectivity index (χ3v) is 3.07. The number of rotatable bonds is 7. The van der Waals surface area contributed by atoms with Crippen molar-refractivity contribution in [3.63, 3.8) is 0 Å². The summed E-state index contributed by atoms with van der Waals surface area (Å²) in [5.41, 5.74) is -0.376. The molecular weight excluding hydrogens is 262 g/mol. The van der Waals surface area contributed by atoms with Crippen LogP contribution in [0.1, 0.15) is 43.5 Å². The smallest absolute Gasteiger partial charge is 0.335 e. The Kier molecular flexibility index (Phi) is 5.49. The summed E-state index contributed by atoms with van der Waals surface area (Å²) in [5.74, 6) is -1.13. The van der Waals surface area contributed by atoms with Crippen molar-refractivity contribution in [2.24, 2.45) is 5.41 Å². The molecule has 0 saturated heterocycles. The van der Waals surface area contributed by atoms with Crippen molar-refractivity contribution in [3.05, 3.63) is 34.4 Å². The van der Waals surface area contributed by atoms with Crippen LogP contribution in [0.25, 0.3) is 0 Å². The van der Waals surface area contributed by atoms with Crippen molar-refractivity contribution in [3.8, 4) is 0 Å². The van der Waals surface area contributed by atoms with Gasteiger partial charge in [-0.2, -0.15) is 0 Å². The minimum Gasteiger partial charge on any atom is -0.481 e. The summed E-state index contributed by atoms with van der Waals surface area (Å²) in [5, 5.41) is 11.4. The Morgan fingerprint density at radius 1 is 1.30 bits per heavy atom. The molecule has 6 heteroatoms. The molecule has 0 atom stereocenters. The molecule has 0 aliphatic rings. The molecule has 0 aromatic carbocycles. The minimum atomic E-state index is -0.818. The summed E-state index contributed by atoms with van der Waals surface area (Å²) in [6.45, 7) is 4.36. The highest BCUT2D eigenvalue weighted by Crippen LogP contribution is 2.25. The highest BCUT2D eigenvalue weighted by Gasteiger charge is 2.19. The molecule has 1 amide bonds. The number of hydrogen-bond acceptors (Lipinski definition) is 4. The second-order valence-corrected chi connectivity index (χ2v) is 5.41. The molecule has 20 heavy (non-hydrogen) atoms. The topological polar surface area (TPSA) is 96.6 Å². The molecule has 2 N–H and O–H groups in total. The third-order valence-electron chi connectivity index (χ3n) is 3.07. The van der Waals surface area contributed by atoms with Crippen LogP contribution >= 0.6 is 0 Å². The summed E-state index contributed by atoms with van der Waals surface area (Å²) < 4.78 is 4.61. The predicted molar refractivity (Wildman–Crippen MR) is 72.6 cm³/mol. The Hall–Kier alpha value is -2.11. The average molecular weight is 281 g/mol. The first-order valence-corrected chi connectivity index (χ1v) is 6.39. The maximum Gasteiger partial charge on any atom is 0.335 e. The van der Waals surface area contributed by atoms with Gasteiger partial charge in [0.15, 0.2) is 0 Å². The van der Waals surface area contributed by atoms with Crippen molar-refractivity contribution < 1.29 is 19.1 Å². The van der Waals surface area contributed by atoms with Crippen LogP contribution in [0, 0.1) is 5.41 Å². The standard InChI is InChI=1S/C14H19NO5/c1-14(2,6-5-11(16)17)7-8-15-13(19)10-3-4-12(18)20-9-10/h3-4,9H,5-8H2,1-2H3,(H,15,19)(H,16,17). The summed E-state index contributed by atoms with van der Waals surface area (Å²) in [6.07, 6.45) is 2.46. The van der Waals surface area contributed by atoms with Gasteiger partial charge in [-0.05, 0) is 24.3 Å². The van der Waals surface area contributed by atoms with Gasteiger partial charge in [0, 0.05) is 19.0 Å². The molecule has 0 aliphatic carbocycles. The zero-order valence-corrected chi connectivity index (χ0v) is 11.6. The zero-order chi connectivity index (χ0) is 15.2. The second-order valence-electron chi connectivity index (χ2n) is 5.41. The van der Waals surface area contributed by atoms with Gasteiger partial charge in [-0.25, -0.2) is 4.79 Å². The number of carboxylic acids is 1. The Morgan fingerprint density at radius 2 is 2.00 bits per heavy atom. The summed E-state index contributed by atoms with van der Waals surface area (Å²) in [6, 6.07) is 2.59. The van der Waals surface area contributed by atoms with E-state index in [9.17, 15) is 14.4 Å². The number of carbonyl (C=O) groups excluding carboxylic acids is 1. The van der Waals surface area contributed by atoms with Gasteiger partial charge in [-0.3, -0.25) is 9.59 Å². The fraction of sp³-hybridized carbons (Fsp3) is 0.500. The van der Waals surface area contributed by atoms with Crippen LogP contribution in [0.15, 0.2) is 27.6 Å². The molecule has 0 bridgehead atoms. The molecule has 1 aromatic rings. The molecule has 0 spiro atoms. The molecule has 0 fully saturated rings. The number of aliphatic carboxylic acids is 1. The molecule has 0 saturated carbocycles. The van der Waals surface area contributed by atoms with Gasteiger partial charge < -0.3 is 14.8 Å². The highest BCUT2D eigenvalue weighted by atomic mass is 16.4. The molecule has 1 rings (SSSR count). The molecule has 6 nitrogen and oxygen atoms in total. The van der Waals surface area contributed by atoms with Crippen LogP contribution in [0.2, 0.25) is 0 Å². The zero-order valence-electron chi connectivity index (χ0n) is 11.6.